The number of aromatic hydroxyl groups is 1. The zero-order chi connectivity index (χ0) is 13.7. The Bertz CT molecular complexity index is 541. The van der Waals surface area contributed by atoms with Crippen molar-refractivity contribution in [3.63, 3.8) is 0 Å². The number of ether oxygens (including phenoxy) is 1. The van der Waals surface area contributed by atoms with Gasteiger partial charge in [-0.1, -0.05) is 24.3 Å². The molecule has 0 atom stereocenters. The van der Waals surface area contributed by atoms with E-state index in [4.69, 9.17) is 4.74 Å². The molecule has 2 aromatic rings. The van der Waals surface area contributed by atoms with Crippen LogP contribution in [0.3, 0.4) is 0 Å². The fraction of sp³-hybridized carbons (Fsp3) is 0.188. The molecule has 3 nitrogen and oxygen atoms in total. The van der Waals surface area contributed by atoms with E-state index in [1.54, 1.807) is 19.1 Å². The van der Waals surface area contributed by atoms with Crippen molar-refractivity contribution in [2.45, 2.75) is 20.0 Å². The lowest BCUT2D eigenvalue weighted by Crippen LogP contribution is -1.97. The molecule has 3 heteroatoms. The summed E-state index contributed by atoms with van der Waals surface area (Å²) in [4.78, 5) is 11.0. The summed E-state index contributed by atoms with van der Waals surface area (Å²) in [5.74, 6) is 1.16. The van der Waals surface area contributed by atoms with Gasteiger partial charge in [-0.3, -0.25) is 4.79 Å². The number of ketones is 1. The first-order valence-corrected chi connectivity index (χ1v) is 6.12. The molecule has 98 valence electrons. The maximum atomic E-state index is 11.0. The van der Waals surface area contributed by atoms with E-state index < -0.39 is 0 Å². The minimum Gasteiger partial charge on any atom is -0.508 e. The Morgan fingerprint density at radius 3 is 2.16 bits per heavy atom. The molecule has 0 saturated carbocycles. The Morgan fingerprint density at radius 2 is 1.58 bits per heavy atom. The number of carbonyl (C=O) groups excluding carboxylic acids is 1. The van der Waals surface area contributed by atoms with Crippen LogP contribution in [0.5, 0.6) is 11.5 Å². The molecule has 0 saturated heterocycles. The molecule has 19 heavy (non-hydrogen) atoms. The van der Waals surface area contributed by atoms with Gasteiger partial charge in [-0.2, -0.15) is 0 Å². The third-order valence-electron chi connectivity index (χ3n) is 2.72. The number of hydrogen-bond donors (Lipinski definition) is 1. The Kier molecular flexibility index (Phi) is 4.18. The Labute approximate surface area is 112 Å². The average molecular weight is 256 g/mol. The largest absolute Gasteiger partial charge is 0.508 e. The maximum absolute atomic E-state index is 11.0. The Balaban J connectivity index is 1.92. The number of hydrogen-bond acceptors (Lipinski definition) is 3. The number of carbonyl (C=O) groups is 1. The van der Waals surface area contributed by atoms with Crippen molar-refractivity contribution < 1.29 is 14.6 Å². The second-order valence-corrected chi connectivity index (χ2v) is 4.48. The van der Waals surface area contributed by atoms with Crippen molar-refractivity contribution in [2.75, 3.05) is 0 Å². The normalized spacial score (nSPS) is 10.2. The lowest BCUT2D eigenvalue weighted by Gasteiger charge is -2.07. The maximum Gasteiger partial charge on any atom is 0.134 e. The average Bonchev–Trinajstić information content (AvgIpc) is 2.39. The summed E-state index contributed by atoms with van der Waals surface area (Å²) in [6, 6.07) is 14.4. The van der Waals surface area contributed by atoms with Crippen LogP contribution < -0.4 is 4.74 Å². The van der Waals surface area contributed by atoms with E-state index in [2.05, 4.69) is 0 Å². The molecular weight excluding hydrogens is 240 g/mol. The van der Waals surface area contributed by atoms with E-state index in [1.165, 1.54) is 0 Å². The summed E-state index contributed by atoms with van der Waals surface area (Å²) < 4.78 is 5.63. The first-order chi connectivity index (χ1) is 9.13. The van der Waals surface area contributed by atoms with Gasteiger partial charge in [-0.05, 0) is 42.3 Å². The topological polar surface area (TPSA) is 46.5 Å². The van der Waals surface area contributed by atoms with E-state index in [1.807, 2.05) is 36.4 Å². The number of rotatable bonds is 5. The van der Waals surface area contributed by atoms with Crippen LogP contribution in [0.25, 0.3) is 0 Å². The molecule has 1 N–H and O–H groups in total. The minimum absolute atomic E-state index is 0.151. The van der Waals surface area contributed by atoms with Crippen molar-refractivity contribution in [1.29, 1.82) is 0 Å². The van der Waals surface area contributed by atoms with Crippen LogP contribution in [0, 0.1) is 0 Å². The third kappa shape index (κ3) is 4.14. The predicted octanol–water partition coefficient (Wildman–Crippen LogP) is 3.10. The second-order valence-electron chi connectivity index (χ2n) is 4.48. The summed E-state index contributed by atoms with van der Waals surface area (Å²) >= 11 is 0. The number of Topliss-reactive ketones (excluding diaryl/α,β-unsaturated/α-hetero) is 1. The van der Waals surface area contributed by atoms with Gasteiger partial charge in [0.1, 0.15) is 23.9 Å². The molecule has 0 fully saturated rings. The monoisotopic (exact) mass is 256 g/mol. The van der Waals surface area contributed by atoms with Crippen LogP contribution in [0.1, 0.15) is 18.1 Å². The minimum atomic E-state index is 0.151. The van der Waals surface area contributed by atoms with Crippen LogP contribution in [0.4, 0.5) is 0 Å². The fourth-order valence-electron chi connectivity index (χ4n) is 1.75. The highest BCUT2D eigenvalue weighted by Gasteiger charge is 1.99. The molecule has 0 unspecified atom stereocenters. The summed E-state index contributed by atoms with van der Waals surface area (Å²) in [5, 5.41) is 9.18. The zero-order valence-electron chi connectivity index (χ0n) is 10.8. The van der Waals surface area contributed by atoms with Gasteiger partial charge in [0.15, 0.2) is 0 Å². The highest BCUT2D eigenvalue weighted by molar-refractivity contribution is 5.78. The van der Waals surface area contributed by atoms with Crippen molar-refractivity contribution in [1.82, 2.24) is 0 Å². The molecular formula is C16H16O3. The van der Waals surface area contributed by atoms with Crippen LogP contribution in [-0.4, -0.2) is 10.9 Å². The summed E-state index contributed by atoms with van der Waals surface area (Å²) in [7, 11) is 0. The van der Waals surface area contributed by atoms with E-state index in [0.29, 0.717) is 13.0 Å². The Hall–Kier alpha value is -2.29. The van der Waals surface area contributed by atoms with Gasteiger partial charge >= 0.3 is 0 Å². The first kappa shape index (κ1) is 13.1. The van der Waals surface area contributed by atoms with E-state index in [-0.39, 0.29) is 11.5 Å². The molecule has 0 bridgehead atoms. The fourth-order valence-corrected chi connectivity index (χ4v) is 1.75. The van der Waals surface area contributed by atoms with Gasteiger partial charge in [0.05, 0.1) is 0 Å². The molecule has 2 rings (SSSR count). The van der Waals surface area contributed by atoms with Crippen LogP contribution in [-0.2, 0) is 17.8 Å². The lowest BCUT2D eigenvalue weighted by molar-refractivity contribution is -0.116. The standard InChI is InChI=1S/C16H16O3/c1-12(17)10-13-4-8-16(9-5-13)19-11-14-2-6-15(18)7-3-14/h2-9,18H,10-11H2,1H3. The molecule has 0 amide bonds. The van der Waals surface area contributed by atoms with Crippen LogP contribution in [0.15, 0.2) is 48.5 Å². The van der Waals surface area contributed by atoms with Gasteiger partial charge in [0, 0.05) is 6.42 Å². The smallest absolute Gasteiger partial charge is 0.134 e. The molecule has 0 aliphatic heterocycles. The van der Waals surface area contributed by atoms with Gasteiger partial charge in [-0.25, -0.2) is 0 Å². The number of phenolic OH excluding ortho intramolecular Hbond substituents is 1. The lowest BCUT2D eigenvalue weighted by atomic mass is 10.1. The van der Waals surface area contributed by atoms with Gasteiger partial charge in [0.2, 0.25) is 0 Å². The summed E-state index contributed by atoms with van der Waals surface area (Å²) in [6.07, 6.45) is 0.457. The number of phenols is 1. The second kappa shape index (κ2) is 6.05. The Morgan fingerprint density at radius 1 is 1.00 bits per heavy atom. The van der Waals surface area contributed by atoms with Crippen LogP contribution in [0.2, 0.25) is 0 Å². The van der Waals surface area contributed by atoms with Gasteiger partial charge in [0.25, 0.3) is 0 Å². The highest BCUT2D eigenvalue weighted by Crippen LogP contribution is 2.16. The quantitative estimate of drug-likeness (QED) is 0.894. The molecule has 0 heterocycles. The van der Waals surface area contributed by atoms with Crippen LogP contribution >= 0.6 is 0 Å². The van der Waals surface area contributed by atoms with E-state index >= 15 is 0 Å². The molecule has 0 radical (unpaired) electrons. The molecule has 0 spiro atoms. The summed E-state index contributed by atoms with van der Waals surface area (Å²) in [6.45, 7) is 2.03. The molecule has 2 aromatic carbocycles. The van der Waals surface area contributed by atoms with E-state index in [9.17, 15) is 9.90 Å². The zero-order valence-corrected chi connectivity index (χ0v) is 10.8. The van der Waals surface area contributed by atoms with Crippen molar-refractivity contribution >= 4 is 5.78 Å². The molecule has 0 aromatic heterocycles. The van der Waals surface area contributed by atoms with Crippen molar-refractivity contribution in [2.24, 2.45) is 0 Å². The third-order valence-corrected chi connectivity index (χ3v) is 2.72. The van der Waals surface area contributed by atoms with Crippen molar-refractivity contribution in [3.05, 3.63) is 59.7 Å². The highest BCUT2D eigenvalue weighted by atomic mass is 16.5. The van der Waals surface area contributed by atoms with Gasteiger partial charge < -0.3 is 9.84 Å². The molecule has 0 aliphatic carbocycles. The van der Waals surface area contributed by atoms with E-state index in [0.717, 1.165) is 16.9 Å². The SMILES string of the molecule is CC(=O)Cc1ccc(OCc2ccc(O)cc2)cc1. The predicted molar refractivity (Wildman–Crippen MR) is 73.3 cm³/mol. The molecule has 0 aliphatic rings. The van der Waals surface area contributed by atoms with Gasteiger partial charge in [-0.15, -0.1) is 0 Å². The summed E-state index contributed by atoms with van der Waals surface area (Å²) in [5.41, 5.74) is 1.98. The first-order valence-electron chi connectivity index (χ1n) is 6.12. The van der Waals surface area contributed by atoms with Crippen molar-refractivity contribution in [3.8, 4) is 11.5 Å². The number of benzene rings is 2.